The summed E-state index contributed by atoms with van der Waals surface area (Å²) in [6.45, 7) is 0. The van der Waals surface area contributed by atoms with Gasteiger partial charge in [-0.25, -0.2) is 0 Å². The fraction of sp³-hybridized carbons (Fsp3) is 0.0526. The number of anilines is 2. The van der Waals surface area contributed by atoms with Crippen LogP contribution in [-0.2, 0) is 0 Å². The maximum absolute atomic E-state index is 12.5. The molecule has 0 bridgehead atoms. The Morgan fingerprint density at radius 3 is 2.52 bits per heavy atom. The minimum Gasteiger partial charge on any atom is -0.330 e. The molecule has 6 heteroatoms. The fourth-order valence-corrected chi connectivity index (χ4v) is 3.56. The van der Waals surface area contributed by atoms with Crippen LogP contribution < -0.4 is 10.0 Å². The minimum absolute atomic E-state index is 0.190. The first kappa shape index (κ1) is 17.3. The van der Waals surface area contributed by atoms with Crippen LogP contribution in [0.4, 0.5) is 11.4 Å². The van der Waals surface area contributed by atoms with Gasteiger partial charge in [0, 0.05) is 23.2 Å². The van der Waals surface area contributed by atoms with E-state index in [0.29, 0.717) is 16.1 Å². The molecular weight excluding hydrogens is 352 g/mol. The summed E-state index contributed by atoms with van der Waals surface area (Å²) in [5.41, 5.74) is 3.95. The Labute approximate surface area is 154 Å². The quantitative estimate of drug-likeness (QED) is 0.465. The van der Waals surface area contributed by atoms with Crippen molar-refractivity contribution in [2.45, 2.75) is 0 Å². The molecule has 0 radical (unpaired) electrons. The van der Waals surface area contributed by atoms with Crippen LogP contribution >= 0.6 is 23.3 Å². The third-order valence-electron chi connectivity index (χ3n) is 3.50. The Balaban J connectivity index is 1.80. The van der Waals surface area contributed by atoms with Gasteiger partial charge < -0.3 is 10.0 Å². The van der Waals surface area contributed by atoms with Crippen molar-refractivity contribution in [3.63, 3.8) is 0 Å². The Morgan fingerprint density at radius 1 is 1.04 bits per heavy atom. The average Bonchev–Trinajstić information content (AvgIpc) is 3.13. The van der Waals surface area contributed by atoms with Crippen LogP contribution in [0.25, 0.3) is 11.1 Å². The molecule has 0 saturated heterocycles. The molecule has 1 aromatic heterocycles. The van der Waals surface area contributed by atoms with Gasteiger partial charge in [-0.2, -0.15) is 0 Å². The summed E-state index contributed by atoms with van der Waals surface area (Å²) < 4.78 is 3.07. The molecule has 3 rings (SSSR count). The molecule has 0 fully saturated rings. The summed E-state index contributed by atoms with van der Waals surface area (Å²) in [5, 5.41) is 4.82. The highest BCUT2D eigenvalue weighted by molar-refractivity contribution is 7.99. The van der Waals surface area contributed by atoms with Crippen molar-refractivity contribution in [2.75, 3.05) is 16.3 Å². The number of rotatable bonds is 6. The van der Waals surface area contributed by atoms with E-state index in [0.717, 1.165) is 23.1 Å². The summed E-state index contributed by atoms with van der Waals surface area (Å²) in [7, 11) is 0. The van der Waals surface area contributed by atoms with E-state index in [4.69, 9.17) is 0 Å². The standard InChI is InChI=1S/C19H16N2O2S2/c1-24-21-17-8-13(11-22)7-16(10-17)20-19(23)18-9-15(12-25-18)14-5-3-2-4-6-14/h2-12,21H,1H3,(H,20,23). The van der Waals surface area contributed by atoms with Crippen LogP contribution in [0.3, 0.4) is 0 Å². The summed E-state index contributed by atoms with van der Waals surface area (Å²) in [5.74, 6) is -0.190. The lowest BCUT2D eigenvalue weighted by Crippen LogP contribution is -2.10. The normalized spacial score (nSPS) is 10.3. The second kappa shape index (κ2) is 8.00. The minimum atomic E-state index is -0.190. The van der Waals surface area contributed by atoms with E-state index in [-0.39, 0.29) is 5.91 Å². The highest BCUT2D eigenvalue weighted by Gasteiger charge is 2.11. The van der Waals surface area contributed by atoms with E-state index in [1.165, 1.54) is 23.3 Å². The number of carbonyl (C=O) groups excluding carboxylic acids is 2. The molecule has 4 nitrogen and oxygen atoms in total. The van der Waals surface area contributed by atoms with Crippen LogP contribution in [0.2, 0.25) is 0 Å². The number of amides is 1. The van der Waals surface area contributed by atoms with Crippen molar-refractivity contribution >= 4 is 46.9 Å². The zero-order valence-electron chi connectivity index (χ0n) is 13.5. The molecule has 2 N–H and O–H groups in total. The smallest absolute Gasteiger partial charge is 0.265 e. The van der Waals surface area contributed by atoms with Gasteiger partial charge in [0.2, 0.25) is 0 Å². The number of nitrogens with one attached hydrogen (secondary N) is 2. The van der Waals surface area contributed by atoms with Gasteiger partial charge in [-0.3, -0.25) is 9.59 Å². The van der Waals surface area contributed by atoms with Gasteiger partial charge in [0.05, 0.1) is 4.88 Å². The third kappa shape index (κ3) is 4.29. The van der Waals surface area contributed by atoms with Gasteiger partial charge in [-0.05, 0) is 40.8 Å². The summed E-state index contributed by atoms with van der Waals surface area (Å²) >= 11 is 2.82. The van der Waals surface area contributed by atoms with Gasteiger partial charge in [0.1, 0.15) is 6.29 Å². The molecule has 25 heavy (non-hydrogen) atoms. The van der Waals surface area contributed by atoms with Crippen LogP contribution in [0, 0.1) is 0 Å². The van der Waals surface area contributed by atoms with E-state index in [1.807, 2.05) is 48.0 Å². The molecule has 0 aliphatic heterocycles. The lowest BCUT2D eigenvalue weighted by atomic mass is 10.1. The largest absolute Gasteiger partial charge is 0.330 e. The monoisotopic (exact) mass is 368 g/mol. The molecule has 0 aliphatic carbocycles. The molecule has 2 aromatic carbocycles. The molecule has 3 aromatic rings. The lowest BCUT2D eigenvalue weighted by molar-refractivity contribution is 0.102. The van der Waals surface area contributed by atoms with Crippen LogP contribution in [0.1, 0.15) is 20.0 Å². The Bertz CT molecular complexity index is 891. The van der Waals surface area contributed by atoms with Gasteiger partial charge in [-0.1, -0.05) is 42.3 Å². The van der Waals surface area contributed by atoms with E-state index in [2.05, 4.69) is 10.0 Å². The zero-order chi connectivity index (χ0) is 17.6. The summed E-state index contributed by atoms with van der Waals surface area (Å²) in [6, 6.07) is 17.0. The number of benzene rings is 2. The molecule has 0 spiro atoms. The highest BCUT2D eigenvalue weighted by Crippen LogP contribution is 2.27. The molecule has 1 amide bonds. The number of aldehydes is 1. The molecular formula is C19H16N2O2S2. The molecule has 0 unspecified atom stereocenters. The van der Waals surface area contributed by atoms with E-state index in [1.54, 1.807) is 18.2 Å². The molecule has 0 aliphatic rings. The second-order valence-corrected chi connectivity index (χ2v) is 6.81. The van der Waals surface area contributed by atoms with Crippen molar-refractivity contribution in [2.24, 2.45) is 0 Å². The second-order valence-electron chi connectivity index (χ2n) is 5.29. The first-order chi connectivity index (χ1) is 12.2. The number of hydrogen-bond donors (Lipinski definition) is 2. The number of thiophene rings is 1. The first-order valence-electron chi connectivity index (χ1n) is 7.54. The SMILES string of the molecule is CSNc1cc(C=O)cc(NC(=O)c2cc(-c3ccccc3)cs2)c1. The molecule has 0 atom stereocenters. The first-order valence-corrected chi connectivity index (χ1v) is 9.64. The van der Waals surface area contributed by atoms with Crippen molar-refractivity contribution in [3.8, 4) is 11.1 Å². The molecule has 126 valence electrons. The van der Waals surface area contributed by atoms with Gasteiger partial charge in [0.25, 0.3) is 5.91 Å². The van der Waals surface area contributed by atoms with Gasteiger partial charge in [0.15, 0.2) is 0 Å². The van der Waals surface area contributed by atoms with Crippen LogP contribution in [0.15, 0.2) is 60.0 Å². The molecule has 1 heterocycles. The fourth-order valence-electron chi connectivity index (χ4n) is 2.40. The van der Waals surface area contributed by atoms with Crippen molar-refractivity contribution < 1.29 is 9.59 Å². The van der Waals surface area contributed by atoms with E-state index < -0.39 is 0 Å². The van der Waals surface area contributed by atoms with Crippen LogP contribution in [-0.4, -0.2) is 18.4 Å². The highest BCUT2D eigenvalue weighted by atomic mass is 32.2. The van der Waals surface area contributed by atoms with E-state index in [9.17, 15) is 9.59 Å². The van der Waals surface area contributed by atoms with Crippen LogP contribution in [0.5, 0.6) is 0 Å². The zero-order valence-corrected chi connectivity index (χ0v) is 15.1. The van der Waals surface area contributed by atoms with Gasteiger partial charge in [-0.15, -0.1) is 11.3 Å². The Morgan fingerprint density at radius 2 is 1.80 bits per heavy atom. The third-order valence-corrected chi connectivity index (χ3v) is 4.87. The van der Waals surface area contributed by atoms with Gasteiger partial charge >= 0.3 is 0 Å². The predicted octanol–water partition coefficient (Wildman–Crippen LogP) is 5.17. The maximum Gasteiger partial charge on any atom is 0.265 e. The number of hydrogen-bond acceptors (Lipinski definition) is 5. The predicted molar refractivity (Wildman–Crippen MR) is 107 cm³/mol. The summed E-state index contributed by atoms with van der Waals surface area (Å²) in [4.78, 5) is 24.2. The Hall–Kier alpha value is -2.57. The van der Waals surface area contributed by atoms with Crippen molar-refractivity contribution in [3.05, 3.63) is 70.4 Å². The maximum atomic E-state index is 12.5. The topological polar surface area (TPSA) is 58.2 Å². The average molecular weight is 368 g/mol. The van der Waals surface area contributed by atoms with Crippen molar-refractivity contribution in [1.29, 1.82) is 0 Å². The molecule has 0 saturated carbocycles. The Kier molecular flexibility index (Phi) is 5.53. The van der Waals surface area contributed by atoms with E-state index >= 15 is 0 Å². The lowest BCUT2D eigenvalue weighted by Gasteiger charge is -2.08. The summed E-state index contributed by atoms with van der Waals surface area (Å²) in [6.07, 6.45) is 2.66. The van der Waals surface area contributed by atoms with Crippen molar-refractivity contribution in [1.82, 2.24) is 0 Å². The number of carbonyl (C=O) groups is 2.